The molecule has 0 aliphatic rings. The van der Waals surface area contributed by atoms with E-state index in [0.29, 0.717) is 12.6 Å². The number of nitrogens with zero attached hydrogens (tertiary/aromatic N) is 2. The molecule has 84 valence electrons. The molecule has 4 nitrogen and oxygen atoms in total. The van der Waals surface area contributed by atoms with Gasteiger partial charge in [-0.15, -0.1) is 0 Å². The maximum absolute atomic E-state index is 5.39. The number of nitrogens with two attached hydrogens (primary N) is 1. The summed E-state index contributed by atoms with van der Waals surface area (Å²) in [6.07, 6.45) is 0. The lowest BCUT2D eigenvalue weighted by Gasteiger charge is -2.25. The van der Waals surface area contributed by atoms with E-state index in [1.54, 1.807) is 0 Å². The fourth-order valence-corrected chi connectivity index (χ4v) is 1.28. The van der Waals surface area contributed by atoms with Crippen LogP contribution in [0.3, 0.4) is 0 Å². The van der Waals surface area contributed by atoms with E-state index in [0.717, 1.165) is 32.7 Å². The lowest BCUT2D eigenvalue weighted by molar-refractivity contribution is 0.229. The van der Waals surface area contributed by atoms with Crippen LogP contribution in [0.25, 0.3) is 0 Å². The molecule has 0 rings (SSSR count). The number of hydrogen-bond donors (Lipinski definition) is 2. The van der Waals surface area contributed by atoms with Crippen LogP contribution in [0.15, 0.2) is 4.99 Å². The Bertz CT molecular complexity index is 136. The van der Waals surface area contributed by atoms with Crippen LogP contribution in [-0.4, -0.2) is 56.9 Å². The highest BCUT2D eigenvalue weighted by Crippen LogP contribution is 1.96. The summed E-state index contributed by atoms with van der Waals surface area (Å²) in [6.45, 7) is 13.3. The lowest BCUT2D eigenvalue weighted by atomic mass is 10.3. The molecule has 0 unspecified atom stereocenters. The van der Waals surface area contributed by atoms with Crippen LogP contribution < -0.4 is 11.1 Å². The lowest BCUT2D eigenvalue weighted by Crippen LogP contribution is -2.39. The first-order valence-corrected chi connectivity index (χ1v) is 5.29. The molecule has 0 saturated heterocycles. The van der Waals surface area contributed by atoms with Gasteiger partial charge < -0.3 is 11.1 Å². The van der Waals surface area contributed by atoms with Crippen molar-refractivity contribution in [3.05, 3.63) is 0 Å². The molecule has 0 amide bonds. The van der Waals surface area contributed by atoms with Crippen molar-refractivity contribution in [2.24, 2.45) is 10.7 Å². The van der Waals surface area contributed by atoms with E-state index in [9.17, 15) is 0 Å². The molecule has 3 N–H and O–H groups in total. The van der Waals surface area contributed by atoms with Crippen LogP contribution in [-0.2, 0) is 0 Å². The molecule has 0 aromatic heterocycles. The van der Waals surface area contributed by atoms with Gasteiger partial charge in [-0.1, -0.05) is 0 Å². The third-order valence-electron chi connectivity index (χ3n) is 2.17. The van der Waals surface area contributed by atoms with Gasteiger partial charge >= 0.3 is 0 Å². The van der Waals surface area contributed by atoms with E-state index >= 15 is 0 Å². The standard InChI is InChI=1S/C10H24N4/c1-10(2)14(8-6-12-3)9-7-13-5-4-11/h10,13H,3-9,11H2,1-2H3. The Morgan fingerprint density at radius 1 is 1.36 bits per heavy atom. The molecule has 14 heavy (non-hydrogen) atoms. The zero-order valence-electron chi connectivity index (χ0n) is 9.50. The molecule has 0 heterocycles. The van der Waals surface area contributed by atoms with Crippen molar-refractivity contribution < 1.29 is 0 Å². The van der Waals surface area contributed by atoms with Crippen molar-refractivity contribution >= 4 is 6.72 Å². The molecule has 0 aliphatic carbocycles. The fourth-order valence-electron chi connectivity index (χ4n) is 1.28. The van der Waals surface area contributed by atoms with E-state index in [4.69, 9.17) is 5.73 Å². The molecule has 0 saturated carbocycles. The monoisotopic (exact) mass is 200 g/mol. The Morgan fingerprint density at radius 3 is 2.57 bits per heavy atom. The first kappa shape index (κ1) is 13.5. The van der Waals surface area contributed by atoms with E-state index < -0.39 is 0 Å². The van der Waals surface area contributed by atoms with Crippen molar-refractivity contribution in [3.63, 3.8) is 0 Å². The maximum Gasteiger partial charge on any atom is 0.0509 e. The molecule has 0 aromatic rings. The quantitative estimate of drug-likeness (QED) is 0.405. The summed E-state index contributed by atoms with van der Waals surface area (Å²) in [5, 5.41) is 3.28. The molecule has 4 heteroatoms. The van der Waals surface area contributed by atoms with Gasteiger partial charge in [-0.05, 0) is 20.6 Å². The second kappa shape index (κ2) is 9.12. The van der Waals surface area contributed by atoms with Crippen molar-refractivity contribution in [3.8, 4) is 0 Å². The summed E-state index contributed by atoms with van der Waals surface area (Å²) < 4.78 is 0. The van der Waals surface area contributed by atoms with Gasteiger partial charge in [-0.3, -0.25) is 9.89 Å². The molecule has 0 atom stereocenters. The highest BCUT2D eigenvalue weighted by Gasteiger charge is 2.07. The van der Waals surface area contributed by atoms with E-state index in [1.807, 2.05) is 0 Å². The van der Waals surface area contributed by atoms with Crippen molar-refractivity contribution in [1.82, 2.24) is 10.2 Å². The zero-order chi connectivity index (χ0) is 10.8. The number of hydrogen-bond acceptors (Lipinski definition) is 4. The summed E-state index contributed by atoms with van der Waals surface area (Å²) in [6, 6.07) is 0.566. The third kappa shape index (κ3) is 7.00. The average Bonchev–Trinajstić information content (AvgIpc) is 2.16. The van der Waals surface area contributed by atoms with Crippen LogP contribution in [0.2, 0.25) is 0 Å². The molecule has 0 spiro atoms. The largest absolute Gasteiger partial charge is 0.329 e. The van der Waals surface area contributed by atoms with Crippen LogP contribution in [0, 0.1) is 0 Å². The Kier molecular flexibility index (Phi) is 8.83. The van der Waals surface area contributed by atoms with Gasteiger partial charge in [0.15, 0.2) is 0 Å². The molecule has 0 fully saturated rings. The smallest absolute Gasteiger partial charge is 0.0509 e. The topological polar surface area (TPSA) is 53.6 Å². The Balaban J connectivity index is 3.56. The second-order valence-corrected chi connectivity index (χ2v) is 3.62. The van der Waals surface area contributed by atoms with Crippen molar-refractivity contribution in [2.75, 3.05) is 39.3 Å². The van der Waals surface area contributed by atoms with Crippen molar-refractivity contribution in [1.29, 1.82) is 0 Å². The van der Waals surface area contributed by atoms with E-state index in [1.165, 1.54) is 0 Å². The minimum absolute atomic E-state index is 0.566. The van der Waals surface area contributed by atoms with Gasteiger partial charge in [-0.2, -0.15) is 0 Å². The third-order valence-corrected chi connectivity index (χ3v) is 2.17. The summed E-state index contributed by atoms with van der Waals surface area (Å²) in [5.41, 5.74) is 5.39. The molecule has 0 aromatic carbocycles. The molecule has 0 radical (unpaired) electrons. The summed E-state index contributed by atoms with van der Waals surface area (Å²) in [7, 11) is 0. The van der Waals surface area contributed by atoms with Gasteiger partial charge in [0.2, 0.25) is 0 Å². The Labute approximate surface area is 87.6 Å². The van der Waals surface area contributed by atoms with Gasteiger partial charge in [-0.25, -0.2) is 0 Å². The highest BCUT2D eigenvalue weighted by molar-refractivity contribution is 5.23. The molecular weight excluding hydrogens is 176 g/mol. The number of rotatable bonds is 9. The van der Waals surface area contributed by atoms with Crippen molar-refractivity contribution in [2.45, 2.75) is 19.9 Å². The van der Waals surface area contributed by atoms with Gasteiger partial charge in [0.05, 0.1) is 6.54 Å². The Morgan fingerprint density at radius 2 is 2.07 bits per heavy atom. The summed E-state index contributed by atoms with van der Waals surface area (Å²) in [5.74, 6) is 0. The maximum atomic E-state index is 5.39. The van der Waals surface area contributed by atoms with Crippen LogP contribution in [0.4, 0.5) is 0 Å². The Hall–Kier alpha value is -0.450. The number of nitrogens with one attached hydrogen (secondary N) is 1. The SMILES string of the molecule is C=NCCN(CCNCCN)C(C)C. The van der Waals surface area contributed by atoms with Gasteiger partial charge in [0.1, 0.15) is 0 Å². The van der Waals surface area contributed by atoms with Crippen LogP contribution >= 0.6 is 0 Å². The highest BCUT2D eigenvalue weighted by atomic mass is 15.2. The normalized spacial score (nSPS) is 11.2. The van der Waals surface area contributed by atoms with Crippen LogP contribution in [0.5, 0.6) is 0 Å². The van der Waals surface area contributed by atoms with Gasteiger partial charge in [0, 0.05) is 38.8 Å². The number of aliphatic imine (C=N–C) groups is 1. The minimum atomic E-state index is 0.566. The predicted octanol–water partition coefficient (Wildman–Crippen LogP) is -0.0543. The average molecular weight is 200 g/mol. The van der Waals surface area contributed by atoms with Gasteiger partial charge in [0.25, 0.3) is 0 Å². The first-order chi connectivity index (χ1) is 6.72. The zero-order valence-corrected chi connectivity index (χ0v) is 9.50. The van der Waals surface area contributed by atoms with E-state index in [2.05, 4.69) is 35.8 Å². The summed E-state index contributed by atoms with van der Waals surface area (Å²) in [4.78, 5) is 6.26. The predicted molar refractivity (Wildman–Crippen MR) is 63.0 cm³/mol. The minimum Gasteiger partial charge on any atom is -0.329 e. The first-order valence-electron chi connectivity index (χ1n) is 5.29. The molecule has 0 aliphatic heterocycles. The molecule has 0 bridgehead atoms. The van der Waals surface area contributed by atoms with Crippen LogP contribution in [0.1, 0.15) is 13.8 Å². The second-order valence-electron chi connectivity index (χ2n) is 3.62. The summed E-state index contributed by atoms with van der Waals surface area (Å²) >= 11 is 0. The fraction of sp³-hybridized carbons (Fsp3) is 0.900. The van der Waals surface area contributed by atoms with E-state index in [-0.39, 0.29) is 0 Å². The molecular formula is C10H24N4.